The minimum Gasteiger partial charge on any atom is -0.493 e. The van der Waals surface area contributed by atoms with Crippen LogP contribution in [0.5, 0.6) is 17.2 Å². The van der Waals surface area contributed by atoms with E-state index in [0.29, 0.717) is 42.8 Å². The summed E-state index contributed by atoms with van der Waals surface area (Å²) in [6.45, 7) is 1.02. The fourth-order valence-electron chi connectivity index (χ4n) is 6.34. The van der Waals surface area contributed by atoms with E-state index in [2.05, 4.69) is 10.2 Å². The maximum Gasteiger partial charge on any atom is 0.234 e. The Morgan fingerprint density at radius 2 is 1.67 bits per heavy atom. The predicted molar refractivity (Wildman–Crippen MR) is 127 cm³/mol. The summed E-state index contributed by atoms with van der Waals surface area (Å²) < 4.78 is 16.8. The number of likely N-dealkylation sites (tertiary alicyclic amines) is 1. The third kappa shape index (κ3) is 5.09. The Morgan fingerprint density at radius 3 is 2.30 bits per heavy atom. The molecule has 4 rings (SSSR count). The van der Waals surface area contributed by atoms with Gasteiger partial charge in [0.1, 0.15) is 0 Å². The van der Waals surface area contributed by atoms with Crippen LogP contribution in [-0.4, -0.2) is 62.0 Å². The number of hydrogen-bond acceptors (Lipinski definition) is 6. The Labute approximate surface area is 197 Å². The molecule has 3 atom stereocenters. The molecule has 1 aliphatic heterocycles. The summed E-state index contributed by atoms with van der Waals surface area (Å²) in [5.41, 5.74) is 0.305. The van der Waals surface area contributed by atoms with E-state index < -0.39 is 5.60 Å². The summed E-state index contributed by atoms with van der Waals surface area (Å²) in [6.07, 6.45) is 10.4. The van der Waals surface area contributed by atoms with E-state index in [-0.39, 0.29) is 17.9 Å². The van der Waals surface area contributed by atoms with Crippen molar-refractivity contribution < 1.29 is 24.1 Å². The van der Waals surface area contributed by atoms with Gasteiger partial charge < -0.3 is 24.6 Å². The third-order valence-corrected chi connectivity index (χ3v) is 8.02. The fraction of sp³-hybridized carbons (Fsp3) is 0.731. The standard InChI is InChI=1S/C26H40N2O5/c1-31-21-15-18(16-22(32-2)25(21)33-3)24-20-11-7-8-12-26(20,30)13-14-28(24)17-23(29)27-19-9-5-4-6-10-19/h15-16,19-20,24,30H,4-14,17H2,1-3H3,(H,27,29)/t20-,24+,26+/m1/s1. The number of amides is 1. The molecule has 0 bridgehead atoms. The Balaban J connectivity index is 1.64. The zero-order valence-electron chi connectivity index (χ0n) is 20.4. The number of rotatable bonds is 7. The number of carbonyl (C=O) groups is 1. The number of benzene rings is 1. The first-order valence-corrected chi connectivity index (χ1v) is 12.5. The molecule has 0 radical (unpaired) electrons. The highest BCUT2D eigenvalue weighted by Crippen LogP contribution is 2.51. The molecule has 0 spiro atoms. The van der Waals surface area contributed by atoms with Crippen LogP contribution in [0, 0.1) is 5.92 Å². The lowest BCUT2D eigenvalue weighted by atomic mass is 9.66. The van der Waals surface area contributed by atoms with Crippen LogP contribution in [0.1, 0.15) is 75.8 Å². The van der Waals surface area contributed by atoms with Crippen LogP contribution in [0.4, 0.5) is 0 Å². The van der Waals surface area contributed by atoms with Crippen molar-refractivity contribution in [2.75, 3.05) is 34.4 Å². The molecule has 0 unspecified atom stereocenters. The molecule has 0 aromatic heterocycles. The van der Waals surface area contributed by atoms with Crippen molar-refractivity contribution in [3.05, 3.63) is 17.7 Å². The lowest BCUT2D eigenvalue weighted by Crippen LogP contribution is -2.56. The van der Waals surface area contributed by atoms with Crippen LogP contribution in [0.3, 0.4) is 0 Å². The second-order valence-corrected chi connectivity index (χ2v) is 9.98. The first kappa shape index (κ1) is 24.1. The summed E-state index contributed by atoms with van der Waals surface area (Å²) in [7, 11) is 4.84. The predicted octanol–water partition coefficient (Wildman–Crippen LogP) is 3.83. The quantitative estimate of drug-likeness (QED) is 0.644. The maximum atomic E-state index is 13.1. The minimum atomic E-state index is -0.695. The van der Waals surface area contributed by atoms with Crippen molar-refractivity contribution in [3.8, 4) is 17.2 Å². The Hall–Kier alpha value is -1.99. The lowest BCUT2D eigenvalue weighted by Gasteiger charge is -2.52. The van der Waals surface area contributed by atoms with Gasteiger partial charge in [-0.1, -0.05) is 32.1 Å². The Kier molecular flexibility index (Phi) is 7.69. The van der Waals surface area contributed by atoms with E-state index in [4.69, 9.17) is 14.2 Å². The van der Waals surface area contributed by atoms with Gasteiger partial charge in [0.2, 0.25) is 11.7 Å². The van der Waals surface area contributed by atoms with Crippen LogP contribution in [-0.2, 0) is 4.79 Å². The summed E-state index contributed by atoms with van der Waals surface area (Å²) in [6, 6.07) is 4.17. The van der Waals surface area contributed by atoms with Gasteiger partial charge in [0.25, 0.3) is 0 Å². The molecule has 1 amide bonds. The van der Waals surface area contributed by atoms with Crippen molar-refractivity contribution in [3.63, 3.8) is 0 Å². The normalized spacial score (nSPS) is 28.6. The molecule has 1 aromatic rings. The molecular formula is C26H40N2O5. The van der Waals surface area contributed by atoms with Gasteiger partial charge in [-0.3, -0.25) is 9.69 Å². The molecule has 2 N–H and O–H groups in total. The van der Waals surface area contributed by atoms with Crippen LogP contribution in [0.25, 0.3) is 0 Å². The van der Waals surface area contributed by atoms with Gasteiger partial charge in [0.05, 0.1) is 33.5 Å². The number of aliphatic hydroxyl groups is 1. The van der Waals surface area contributed by atoms with E-state index in [0.717, 1.165) is 44.1 Å². The molecule has 184 valence electrons. The van der Waals surface area contributed by atoms with Gasteiger partial charge in [0.15, 0.2) is 11.5 Å². The average molecular weight is 461 g/mol. The number of ether oxygens (including phenoxy) is 3. The molecule has 33 heavy (non-hydrogen) atoms. The maximum absolute atomic E-state index is 13.1. The lowest BCUT2D eigenvalue weighted by molar-refractivity contribution is -0.138. The summed E-state index contributed by atoms with van der Waals surface area (Å²) in [5.74, 6) is 1.90. The van der Waals surface area contributed by atoms with Gasteiger partial charge in [-0.05, 0) is 49.8 Å². The van der Waals surface area contributed by atoms with Crippen molar-refractivity contribution in [1.29, 1.82) is 0 Å². The molecule has 7 heteroatoms. The molecule has 3 aliphatic rings. The molecule has 1 aromatic carbocycles. The average Bonchev–Trinajstić information content (AvgIpc) is 2.83. The van der Waals surface area contributed by atoms with Crippen molar-refractivity contribution in [2.24, 2.45) is 5.92 Å². The smallest absolute Gasteiger partial charge is 0.234 e. The first-order chi connectivity index (χ1) is 16.0. The third-order valence-electron chi connectivity index (χ3n) is 8.02. The fourth-order valence-corrected chi connectivity index (χ4v) is 6.34. The summed E-state index contributed by atoms with van der Waals surface area (Å²) >= 11 is 0. The van der Waals surface area contributed by atoms with E-state index in [1.54, 1.807) is 21.3 Å². The second-order valence-electron chi connectivity index (χ2n) is 9.98. The minimum absolute atomic E-state index is 0.0605. The van der Waals surface area contributed by atoms with Crippen molar-refractivity contribution in [1.82, 2.24) is 10.2 Å². The number of fused-ring (bicyclic) bond motifs is 1. The van der Waals surface area contributed by atoms with Crippen LogP contribution in [0.2, 0.25) is 0 Å². The van der Waals surface area contributed by atoms with E-state index in [1.165, 1.54) is 19.3 Å². The van der Waals surface area contributed by atoms with E-state index in [1.807, 2.05) is 12.1 Å². The number of carbonyl (C=O) groups excluding carboxylic acids is 1. The SMILES string of the molecule is COc1cc([C@H]2[C@H]3CCCC[C@]3(O)CCN2CC(=O)NC2CCCCC2)cc(OC)c1OC. The highest BCUT2D eigenvalue weighted by Gasteiger charge is 2.49. The molecule has 3 fully saturated rings. The summed E-state index contributed by atoms with van der Waals surface area (Å²) in [4.78, 5) is 15.3. The number of nitrogens with one attached hydrogen (secondary N) is 1. The molecule has 2 saturated carbocycles. The molecule has 1 heterocycles. The van der Waals surface area contributed by atoms with Crippen LogP contribution < -0.4 is 19.5 Å². The summed E-state index contributed by atoms with van der Waals surface area (Å²) in [5, 5.41) is 14.8. The highest BCUT2D eigenvalue weighted by atomic mass is 16.5. The van der Waals surface area contributed by atoms with Gasteiger partial charge in [-0.25, -0.2) is 0 Å². The Bertz CT molecular complexity index is 800. The zero-order valence-corrected chi connectivity index (χ0v) is 20.4. The van der Waals surface area contributed by atoms with Gasteiger partial charge in [-0.15, -0.1) is 0 Å². The number of nitrogens with zero attached hydrogens (tertiary/aromatic N) is 1. The van der Waals surface area contributed by atoms with E-state index >= 15 is 0 Å². The number of methoxy groups -OCH3 is 3. The molecule has 1 saturated heterocycles. The molecule has 2 aliphatic carbocycles. The van der Waals surface area contributed by atoms with Crippen molar-refractivity contribution in [2.45, 2.75) is 81.9 Å². The highest BCUT2D eigenvalue weighted by molar-refractivity contribution is 5.78. The zero-order chi connectivity index (χ0) is 23.4. The topological polar surface area (TPSA) is 80.3 Å². The van der Waals surface area contributed by atoms with Crippen molar-refractivity contribution >= 4 is 5.91 Å². The van der Waals surface area contributed by atoms with Gasteiger partial charge in [-0.2, -0.15) is 0 Å². The van der Waals surface area contributed by atoms with E-state index in [9.17, 15) is 9.90 Å². The van der Waals surface area contributed by atoms with Crippen LogP contribution in [0.15, 0.2) is 12.1 Å². The second kappa shape index (κ2) is 10.5. The first-order valence-electron chi connectivity index (χ1n) is 12.5. The van der Waals surface area contributed by atoms with Gasteiger partial charge in [0, 0.05) is 24.5 Å². The largest absolute Gasteiger partial charge is 0.493 e. The van der Waals surface area contributed by atoms with Gasteiger partial charge >= 0.3 is 0 Å². The molecule has 7 nitrogen and oxygen atoms in total. The Morgan fingerprint density at radius 1 is 1.00 bits per heavy atom. The monoisotopic (exact) mass is 460 g/mol. The number of hydrogen-bond donors (Lipinski definition) is 2. The molecular weight excluding hydrogens is 420 g/mol. The van der Waals surface area contributed by atoms with Crippen LogP contribution >= 0.6 is 0 Å². The number of piperidine rings is 1.